The Labute approximate surface area is 205 Å². The van der Waals surface area contributed by atoms with Crippen molar-refractivity contribution < 1.29 is 5.11 Å². The first-order valence-electron chi connectivity index (χ1n) is 14.2. The zero-order chi connectivity index (χ0) is 24.6. The maximum Gasteiger partial charge on any atom is 0.0594 e. The summed E-state index contributed by atoms with van der Waals surface area (Å²) >= 11 is 0. The van der Waals surface area contributed by atoms with Gasteiger partial charge in [-0.3, -0.25) is 0 Å². The van der Waals surface area contributed by atoms with Crippen LogP contribution in [0.2, 0.25) is 0 Å². The average Bonchev–Trinajstić information content (AvgIpc) is 3.00. The maximum absolute atomic E-state index is 10.8. The van der Waals surface area contributed by atoms with E-state index in [0.717, 1.165) is 24.2 Å². The molecule has 4 aliphatic rings. The summed E-state index contributed by atoms with van der Waals surface area (Å²) in [6.45, 7) is 26.5. The standard InChI is InChI=1S/C32H54O/c1-21(11-12-22(2)28(3,4)5)23-15-19-32(10)25-13-14-26-29(6,7)27(33)17-18-30(26,8)24(25)16-20-31(23,32)9/h16,21,23,25-27,33H,2,11-15,17-20H2,1,3-10H3/t21-,23-,25-,26+,27+,30-,31-,32+/m1/s1. The first-order chi connectivity index (χ1) is 15.1. The highest BCUT2D eigenvalue weighted by molar-refractivity contribution is 5.32. The van der Waals surface area contributed by atoms with Crippen molar-refractivity contribution in [1.82, 2.24) is 0 Å². The Kier molecular flexibility index (Phi) is 6.17. The van der Waals surface area contributed by atoms with Crippen molar-refractivity contribution in [2.45, 2.75) is 126 Å². The lowest BCUT2D eigenvalue weighted by Crippen LogP contribution is -2.57. The molecule has 1 N–H and O–H groups in total. The molecule has 1 heteroatoms. The van der Waals surface area contributed by atoms with E-state index in [1.54, 1.807) is 5.57 Å². The zero-order valence-corrected chi connectivity index (χ0v) is 23.5. The average molecular weight is 455 g/mol. The van der Waals surface area contributed by atoms with Gasteiger partial charge in [-0.15, -0.1) is 0 Å². The summed E-state index contributed by atoms with van der Waals surface area (Å²) in [6.07, 6.45) is 13.9. The quantitative estimate of drug-likeness (QED) is 0.420. The minimum absolute atomic E-state index is 0.0304. The molecular formula is C32H54O. The monoisotopic (exact) mass is 454 g/mol. The number of hydrogen-bond acceptors (Lipinski definition) is 1. The molecule has 0 aliphatic heterocycles. The van der Waals surface area contributed by atoms with Crippen molar-refractivity contribution >= 4 is 0 Å². The van der Waals surface area contributed by atoms with Crippen LogP contribution in [0.1, 0.15) is 120 Å². The van der Waals surface area contributed by atoms with E-state index < -0.39 is 0 Å². The van der Waals surface area contributed by atoms with Crippen LogP contribution in [0.25, 0.3) is 0 Å². The van der Waals surface area contributed by atoms with E-state index >= 15 is 0 Å². The van der Waals surface area contributed by atoms with Crippen molar-refractivity contribution in [3.8, 4) is 0 Å². The molecule has 0 radical (unpaired) electrons. The Hall–Kier alpha value is -0.560. The molecule has 0 unspecified atom stereocenters. The first kappa shape index (κ1) is 25.5. The molecule has 0 spiro atoms. The highest BCUT2D eigenvalue weighted by atomic mass is 16.3. The summed E-state index contributed by atoms with van der Waals surface area (Å²) in [5.41, 5.74) is 4.59. The Morgan fingerprint density at radius 2 is 1.70 bits per heavy atom. The lowest BCUT2D eigenvalue weighted by molar-refractivity contribution is -0.118. The second-order valence-corrected chi connectivity index (χ2v) is 15.2. The highest BCUT2D eigenvalue weighted by Gasteiger charge is 2.65. The van der Waals surface area contributed by atoms with Gasteiger partial charge in [0.1, 0.15) is 0 Å². The normalized spacial score (nSPS) is 45.5. The molecule has 0 amide bonds. The summed E-state index contributed by atoms with van der Waals surface area (Å²) in [7, 11) is 0. The molecule has 1 nitrogen and oxygen atoms in total. The number of aliphatic hydroxyl groups excluding tert-OH is 1. The van der Waals surface area contributed by atoms with E-state index in [-0.39, 0.29) is 22.3 Å². The van der Waals surface area contributed by atoms with Crippen LogP contribution in [-0.4, -0.2) is 11.2 Å². The summed E-state index contributed by atoms with van der Waals surface area (Å²) in [6, 6.07) is 0. The third-order valence-electron chi connectivity index (χ3n) is 12.5. The van der Waals surface area contributed by atoms with E-state index in [1.807, 2.05) is 0 Å². The Balaban J connectivity index is 1.59. The van der Waals surface area contributed by atoms with E-state index in [4.69, 9.17) is 0 Å². The predicted molar refractivity (Wildman–Crippen MR) is 142 cm³/mol. The van der Waals surface area contributed by atoms with Gasteiger partial charge in [-0.25, -0.2) is 0 Å². The third kappa shape index (κ3) is 3.65. The molecule has 0 aromatic rings. The van der Waals surface area contributed by atoms with Gasteiger partial charge in [-0.05, 0) is 109 Å². The fourth-order valence-corrected chi connectivity index (χ4v) is 9.65. The van der Waals surface area contributed by atoms with Crippen LogP contribution in [0.5, 0.6) is 0 Å². The largest absolute Gasteiger partial charge is 0.393 e. The first-order valence-corrected chi connectivity index (χ1v) is 14.2. The van der Waals surface area contributed by atoms with Gasteiger partial charge in [0.05, 0.1) is 6.10 Å². The Bertz CT molecular complexity index is 811. The number of rotatable bonds is 4. The van der Waals surface area contributed by atoms with Gasteiger partial charge in [0.15, 0.2) is 0 Å². The van der Waals surface area contributed by atoms with Crippen molar-refractivity contribution in [3.63, 3.8) is 0 Å². The van der Waals surface area contributed by atoms with Gasteiger partial charge in [-0.1, -0.05) is 86.1 Å². The van der Waals surface area contributed by atoms with Gasteiger partial charge < -0.3 is 5.11 Å². The molecule has 188 valence electrons. The molecule has 0 bridgehead atoms. The highest BCUT2D eigenvalue weighted by Crippen LogP contribution is 2.73. The zero-order valence-electron chi connectivity index (χ0n) is 23.5. The fourth-order valence-electron chi connectivity index (χ4n) is 9.65. The number of allylic oxidation sites excluding steroid dienone is 3. The molecule has 3 fully saturated rings. The molecular weight excluding hydrogens is 400 g/mol. The number of fused-ring (bicyclic) bond motifs is 5. The Morgan fingerprint density at radius 1 is 1.03 bits per heavy atom. The van der Waals surface area contributed by atoms with Crippen LogP contribution >= 0.6 is 0 Å². The lowest BCUT2D eigenvalue weighted by atomic mass is 9.41. The lowest BCUT2D eigenvalue weighted by Gasteiger charge is -2.64. The van der Waals surface area contributed by atoms with Gasteiger partial charge in [-0.2, -0.15) is 0 Å². The van der Waals surface area contributed by atoms with E-state index in [0.29, 0.717) is 16.7 Å². The van der Waals surface area contributed by atoms with Gasteiger partial charge >= 0.3 is 0 Å². The fraction of sp³-hybridized carbons (Fsp3) is 0.875. The van der Waals surface area contributed by atoms with Crippen LogP contribution in [0.4, 0.5) is 0 Å². The van der Waals surface area contributed by atoms with E-state index in [2.05, 4.69) is 75.0 Å². The van der Waals surface area contributed by atoms with Crippen LogP contribution in [0, 0.1) is 50.7 Å². The molecule has 0 saturated heterocycles. The Morgan fingerprint density at radius 3 is 2.33 bits per heavy atom. The molecule has 4 rings (SSSR count). The topological polar surface area (TPSA) is 20.2 Å². The molecule has 33 heavy (non-hydrogen) atoms. The number of aliphatic hydroxyl groups is 1. The van der Waals surface area contributed by atoms with Crippen LogP contribution < -0.4 is 0 Å². The van der Waals surface area contributed by atoms with Gasteiger partial charge in [0.2, 0.25) is 0 Å². The van der Waals surface area contributed by atoms with E-state index in [9.17, 15) is 5.11 Å². The van der Waals surface area contributed by atoms with E-state index in [1.165, 1.54) is 56.9 Å². The van der Waals surface area contributed by atoms with Crippen molar-refractivity contribution in [2.75, 3.05) is 0 Å². The smallest absolute Gasteiger partial charge is 0.0594 e. The minimum Gasteiger partial charge on any atom is -0.393 e. The van der Waals surface area contributed by atoms with Crippen LogP contribution in [0.3, 0.4) is 0 Å². The minimum atomic E-state index is -0.142. The van der Waals surface area contributed by atoms with Gasteiger partial charge in [0.25, 0.3) is 0 Å². The van der Waals surface area contributed by atoms with Crippen LogP contribution in [0.15, 0.2) is 23.8 Å². The molecule has 0 heterocycles. The second-order valence-electron chi connectivity index (χ2n) is 15.2. The molecule has 4 aliphatic carbocycles. The van der Waals surface area contributed by atoms with Crippen molar-refractivity contribution in [1.29, 1.82) is 0 Å². The van der Waals surface area contributed by atoms with Crippen molar-refractivity contribution in [2.24, 2.45) is 50.7 Å². The SMILES string of the molecule is C=C(CC[C@@H](C)[C@H]1CC[C@@]2(C)[C@@H]3CC[C@H]4C(C)(C)[C@@H](O)CC[C@]4(C)C3=CC[C@]12C)C(C)(C)C. The number of hydrogen-bond donors (Lipinski definition) is 1. The molecule has 3 saturated carbocycles. The molecule has 8 atom stereocenters. The van der Waals surface area contributed by atoms with Gasteiger partial charge in [0, 0.05) is 0 Å². The third-order valence-corrected chi connectivity index (χ3v) is 12.5. The molecule has 0 aromatic carbocycles. The summed E-state index contributed by atoms with van der Waals surface area (Å²) in [4.78, 5) is 0. The van der Waals surface area contributed by atoms with Crippen LogP contribution in [-0.2, 0) is 0 Å². The van der Waals surface area contributed by atoms with Crippen molar-refractivity contribution in [3.05, 3.63) is 23.8 Å². The second kappa shape index (κ2) is 7.97. The summed E-state index contributed by atoms with van der Waals surface area (Å²) in [5.74, 6) is 2.94. The maximum atomic E-state index is 10.8. The molecule has 0 aromatic heterocycles. The summed E-state index contributed by atoms with van der Waals surface area (Å²) in [5, 5.41) is 10.8. The predicted octanol–water partition coefficient (Wildman–Crippen LogP) is 8.97. The summed E-state index contributed by atoms with van der Waals surface area (Å²) < 4.78 is 0.